The topological polar surface area (TPSA) is 67.2 Å². The smallest absolute Gasteiger partial charge is 0.236 e. The van der Waals surface area contributed by atoms with Crippen molar-refractivity contribution in [3.8, 4) is 5.69 Å². The Morgan fingerprint density at radius 1 is 0.966 bits per heavy atom. The van der Waals surface area contributed by atoms with E-state index in [0.717, 1.165) is 31.9 Å². The summed E-state index contributed by atoms with van der Waals surface area (Å²) in [5.41, 5.74) is 3.27. The van der Waals surface area contributed by atoms with Gasteiger partial charge in [0.15, 0.2) is 0 Å². The first kappa shape index (κ1) is 19.4. The number of anilines is 1. The first-order valence-corrected chi connectivity index (χ1v) is 10.6. The summed E-state index contributed by atoms with van der Waals surface area (Å²) in [6.45, 7) is 7.09. The van der Waals surface area contributed by atoms with E-state index in [-0.39, 0.29) is 11.2 Å². The molecule has 0 unspecified atom stereocenters. The number of aromatic nitrogens is 4. The zero-order valence-electron chi connectivity index (χ0n) is 16.6. The highest BCUT2D eigenvalue weighted by Gasteiger charge is 2.27. The number of tetrazole rings is 1. The highest BCUT2D eigenvalue weighted by Crippen LogP contribution is 2.25. The minimum absolute atomic E-state index is 0.126. The van der Waals surface area contributed by atoms with Crippen LogP contribution in [0.2, 0.25) is 0 Å². The third-order valence-corrected chi connectivity index (χ3v) is 6.08. The van der Waals surface area contributed by atoms with Gasteiger partial charge in [-0.1, -0.05) is 47.7 Å². The van der Waals surface area contributed by atoms with Gasteiger partial charge in [0.2, 0.25) is 11.1 Å². The second kappa shape index (κ2) is 8.65. The summed E-state index contributed by atoms with van der Waals surface area (Å²) in [5, 5.41) is 12.4. The van der Waals surface area contributed by atoms with E-state index in [1.807, 2.05) is 61.2 Å². The van der Waals surface area contributed by atoms with Gasteiger partial charge in [0.25, 0.3) is 0 Å². The third-order valence-electron chi connectivity index (χ3n) is 5.06. The fraction of sp³-hybridized carbons (Fsp3) is 0.333. The molecule has 0 N–H and O–H groups in total. The number of aryl methyl sites for hydroxylation is 1. The number of amides is 1. The van der Waals surface area contributed by atoms with E-state index in [9.17, 15) is 4.79 Å². The molecule has 1 aliphatic rings. The Bertz CT molecular complexity index is 951. The molecule has 1 aromatic heterocycles. The highest BCUT2D eigenvalue weighted by atomic mass is 32.2. The number of hydrogen-bond donors (Lipinski definition) is 0. The molecule has 1 amide bonds. The molecule has 0 saturated carbocycles. The molecular weight excluding hydrogens is 384 g/mol. The van der Waals surface area contributed by atoms with Crippen LogP contribution in [0.1, 0.15) is 12.5 Å². The van der Waals surface area contributed by atoms with Gasteiger partial charge in [0.1, 0.15) is 0 Å². The maximum absolute atomic E-state index is 13.0. The minimum atomic E-state index is -0.256. The molecule has 7 nitrogen and oxygen atoms in total. The van der Waals surface area contributed by atoms with Crippen LogP contribution in [0.15, 0.2) is 59.8 Å². The number of nitrogens with zero attached hydrogens (tertiary/aromatic N) is 6. The van der Waals surface area contributed by atoms with E-state index in [4.69, 9.17) is 0 Å². The van der Waals surface area contributed by atoms with Crippen LogP contribution in [0.3, 0.4) is 0 Å². The molecule has 0 radical (unpaired) electrons. The Hall–Kier alpha value is -2.87. The molecule has 2 aromatic carbocycles. The number of carbonyl (C=O) groups excluding carboxylic acids is 1. The second-order valence-corrected chi connectivity index (χ2v) is 8.42. The predicted octanol–water partition coefficient (Wildman–Crippen LogP) is 2.80. The molecule has 0 spiro atoms. The van der Waals surface area contributed by atoms with Crippen LogP contribution in [-0.2, 0) is 4.79 Å². The lowest BCUT2D eigenvalue weighted by Gasteiger charge is -2.37. The Morgan fingerprint density at radius 2 is 1.66 bits per heavy atom. The average molecular weight is 409 g/mol. The first-order chi connectivity index (χ1) is 14.1. The summed E-state index contributed by atoms with van der Waals surface area (Å²) in [5.74, 6) is 0.126. The molecule has 3 aromatic rings. The summed E-state index contributed by atoms with van der Waals surface area (Å²) in [6.07, 6.45) is 0. The first-order valence-electron chi connectivity index (χ1n) is 9.72. The lowest BCUT2D eigenvalue weighted by Crippen LogP contribution is -2.50. The van der Waals surface area contributed by atoms with E-state index in [2.05, 4.69) is 32.6 Å². The van der Waals surface area contributed by atoms with Gasteiger partial charge in [0.05, 0.1) is 10.9 Å². The van der Waals surface area contributed by atoms with Crippen molar-refractivity contribution in [1.82, 2.24) is 25.1 Å². The number of hydrogen-bond acceptors (Lipinski definition) is 6. The fourth-order valence-corrected chi connectivity index (χ4v) is 4.28. The molecule has 0 aliphatic carbocycles. The van der Waals surface area contributed by atoms with E-state index >= 15 is 0 Å². The van der Waals surface area contributed by atoms with Gasteiger partial charge >= 0.3 is 0 Å². The van der Waals surface area contributed by atoms with Gasteiger partial charge in [-0.2, -0.15) is 4.68 Å². The van der Waals surface area contributed by atoms with Crippen LogP contribution in [0, 0.1) is 6.92 Å². The Kier molecular flexibility index (Phi) is 5.80. The van der Waals surface area contributed by atoms with Crippen molar-refractivity contribution in [1.29, 1.82) is 0 Å². The average Bonchev–Trinajstić information content (AvgIpc) is 3.22. The number of benzene rings is 2. The summed E-state index contributed by atoms with van der Waals surface area (Å²) in [6, 6.07) is 18.3. The maximum atomic E-state index is 13.0. The number of rotatable bonds is 5. The van der Waals surface area contributed by atoms with E-state index in [1.54, 1.807) is 4.68 Å². The standard InChI is InChI=1S/C21H24N6OS/c1-16-8-10-19(11-9-16)27-21(22-23-24-27)29-17(2)20(28)26-14-12-25(13-15-26)18-6-4-3-5-7-18/h3-11,17H,12-15H2,1-2H3/t17-/m1/s1. The second-order valence-electron chi connectivity index (χ2n) is 7.12. The molecule has 29 heavy (non-hydrogen) atoms. The molecule has 0 bridgehead atoms. The van der Waals surface area contributed by atoms with Crippen LogP contribution < -0.4 is 4.90 Å². The van der Waals surface area contributed by atoms with Crippen LogP contribution in [-0.4, -0.2) is 62.4 Å². The third kappa shape index (κ3) is 4.42. The molecule has 2 heterocycles. The van der Waals surface area contributed by atoms with Crippen molar-refractivity contribution in [2.24, 2.45) is 0 Å². The molecule has 8 heteroatoms. The number of carbonyl (C=O) groups is 1. The monoisotopic (exact) mass is 408 g/mol. The number of piperazine rings is 1. The van der Waals surface area contributed by atoms with Gasteiger partial charge in [-0.05, 0) is 48.5 Å². The zero-order chi connectivity index (χ0) is 20.2. The maximum Gasteiger partial charge on any atom is 0.236 e. The van der Waals surface area contributed by atoms with Gasteiger partial charge in [-0.3, -0.25) is 4.79 Å². The van der Waals surface area contributed by atoms with Crippen molar-refractivity contribution in [3.63, 3.8) is 0 Å². The summed E-state index contributed by atoms with van der Waals surface area (Å²) >= 11 is 1.40. The zero-order valence-corrected chi connectivity index (χ0v) is 17.4. The largest absolute Gasteiger partial charge is 0.368 e. The molecule has 150 valence electrons. The van der Waals surface area contributed by atoms with Crippen molar-refractivity contribution in [3.05, 3.63) is 60.2 Å². The summed E-state index contributed by atoms with van der Waals surface area (Å²) in [4.78, 5) is 17.2. The van der Waals surface area contributed by atoms with Crippen LogP contribution in [0.5, 0.6) is 0 Å². The Balaban J connectivity index is 1.37. The Morgan fingerprint density at radius 3 is 2.34 bits per heavy atom. The lowest BCUT2D eigenvalue weighted by atomic mass is 10.2. The molecule has 1 aliphatic heterocycles. The molecule has 1 saturated heterocycles. The highest BCUT2D eigenvalue weighted by molar-refractivity contribution is 8.00. The van der Waals surface area contributed by atoms with Crippen LogP contribution >= 0.6 is 11.8 Å². The molecule has 1 fully saturated rings. The summed E-state index contributed by atoms with van der Waals surface area (Å²) in [7, 11) is 0. The fourth-order valence-electron chi connectivity index (χ4n) is 3.39. The lowest BCUT2D eigenvalue weighted by molar-refractivity contribution is -0.130. The number of para-hydroxylation sites is 1. The Labute approximate surface area is 174 Å². The van der Waals surface area contributed by atoms with E-state index < -0.39 is 0 Å². The normalized spacial score (nSPS) is 15.4. The van der Waals surface area contributed by atoms with Crippen molar-refractivity contribution >= 4 is 23.4 Å². The van der Waals surface area contributed by atoms with Gasteiger partial charge in [-0.15, -0.1) is 5.10 Å². The van der Waals surface area contributed by atoms with E-state index in [0.29, 0.717) is 5.16 Å². The minimum Gasteiger partial charge on any atom is -0.368 e. The van der Waals surface area contributed by atoms with Gasteiger partial charge < -0.3 is 9.80 Å². The molecule has 4 rings (SSSR count). The SMILES string of the molecule is Cc1ccc(-n2nnnc2S[C@H](C)C(=O)N2CCN(c3ccccc3)CC2)cc1. The van der Waals surface area contributed by atoms with Crippen molar-refractivity contribution in [2.45, 2.75) is 24.3 Å². The van der Waals surface area contributed by atoms with Crippen LogP contribution in [0.25, 0.3) is 5.69 Å². The van der Waals surface area contributed by atoms with E-state index in [1.165, 1.54) is 23.0 Å². The van der Waals surface area contributed by atoms with Gasteiger partial charge in [-0.25, -0.2) is 0 Å². The van der Waals surface area contributed by atoms with Gasteiger partial charge in [0, 0.05) is 31.9 Å². The quantitative estimate of drug-likeness (QED) is 0.605. The summed E-state index contributed by atoms with van der Waals surface area (Å²) < 4.78 is 1.68. The predicted molar refractivity (Wildman–Crippen MR) is 114 cm³/mol. The van der Waals surface area contributed by atoms with Crippen LogP contribution in [0.4, 0.5) is 5.69 Å². The molecular formula is C21H24N6OS. The van der Waals surface area contributed by atoms with Crippen molar-refractivity contribution in [2.75, 3.05) is 31.1 Å². The van der Waals surface area contributed by atoms with Crippen molar-refractivity contribution < 1.29 is 4.79 Å². The molecule has 1 atom stereocenters. The number of thioether (sulfide) groups is 1.